The lowest BCUT2D eigenvalue weighted by molar-refractivity contribution is -0.131. The Balaban J connectivity index is 2.13. The highest BCUT2D eigenvalue weighted by molar-refractivity contribution is 6.01. The summed E-state index contributed by atoms with van der Waals surface area (Å²) in [4.78, 5) is 25.6. The van der Waals surface area contributed by atoms with E-state index in [0.29, 0.717) is 11.5 Å². The molecule has 2 heterocycles. The molecule has 0 bridgehead atoms. The van der Waals surface area contributed by atoms with E-state index in [-0.39, 0.29) is 0 Å². The van der Waals surface area contributed by atoms with Crippen molar-refractivity contribution in [3.63, 3.8) is 0 Å². The lowest BCUT2D eigenvalue weighted by Gasteiger charge is -1.93. The molecule has 2 rings (SSSR count). The van der Waals surface area contributed by atoms with E-state index in [2.05, 4.69) is 10.3 Å². The van der Waals surface area contributed by atoms with Crippen molar-refractivity contribution in [3.05, 3.63) is 42.7 Å². The summed E-state index contributed by atoms with van der Waals surface area (Å²) in [5, 5.41) is 10.8. The number of carbonyl (C=O) groups excluding carboxylic acids is 1. The quantitative estimate of drug-likeness (QED) is 0.769. The van der Waals surface area contributed by atoms with Gasteiger partial charge in [-0.05, 0) is 12.1 Å². The highest BCUT2D eigenvalue weighted by Gasteiger charge is 2.03. The Morgan fingerprint density at radius 1 is 1.35 bits per heavy atom. The van der Waals surface area contributed by atoms with Gasteiger partial charge in [-0.25, -0.2) is 9.78 Å². The molecule has 0 saturated heterocycles. The first-order valence-corrected chi connectivity index (χ1v) is 4.81. The average Bonchev–Trinajstić information content (AvgIpc) is 2.68. The number of rotatable bonds is 3. The van der Waals surface area contributed by atoms with Gasteiger partial charge in [0, 0.05) is 18.3 Å². The van der Waals surface area contributed by atoms with Crippen molar-refractivity contribution in [1.82, 2.24) is 9.38 Å². The van der Waals surface area contributed by atoms with E-state index in [1.807, 2.05) is 12.1 Å². The van der Waals surface area contributed by atoms with Crippen molar-refractivity contribution >= 4 is 23.3 Å². The second-order valence-corrected chi connectivity index (χ2v) is 3.25. The summed E-state index contributed by atoms with van der Waals surface area (Å²) in [7, 11) is 0. The number of anilines is 1. The number of fused-ring (bicyclic) bond motifs is 1. The van der Waals surface area contributed by atoms with Gasteiger partial charge in [0.2, 0.25) is 5.91 Å². The van der Waals surface area contributed by atoms with Gasteiger partial charge in [0.05, 0.1) is 6.20 Å². The van der Waals surface area contributed by atoms with Crippen LogP contribution in [-0.2, 0) is 9.59 Å². The number of imidazole rings is 1. The summed E-state index contributed by atoms with van der Waals surface area (Å²) in [5.41, 5.74) is 0.699. The fourth-order valence-electron chi connectivity index (χ4n) is 1.31. The van der Waals surface area contributed by atoms with E-state index in [1.165, 1.54) is 0 Å². The molecule has 0 atom stereocenters. The molecule has 2 aromatic heterocycles. The third-order valence-corrected chi connectivity index (χ3v) is 1.99. The van der Waals surface area contributed by atoms with Crippen LogP contribution in [0.15, 0.2) is 42.7 Å². The van der Waals surface area contributed by atoms with Gasteiger partial charge in [0.15, 0.2) is 5.82 Å². The van der Waals surface area contributed by atoms with E-state index in [0.717, 1.165) is 12.2 Å². The summed E-state index contributed by atoms with van der Waals surface area (Å²) in [5.74, 6) is -1.33. The monoisotopic (exact) mass is 231 g/mol. The Kier molecular flexibility index (Phi) is 2.87. The number of hydrogen-bond acceptors (Lipinski definition) is 3. The van der Waals surface area contributed by atoms with Crippen LogP contribution in [-0.4, -0.2) is 26.4 Å². The first kappa shape index (κ1) is 10.9. The second kappa shape index (κ2) is 4.48. The van der Waals surface area contributed by atoms with Crippen LogP contribution in [0.1, 0.15) is 0 Å². The largest absolute Gasteiger partial charge is 0.478 e. The van der Waals surface area contributed by atoms with Crippen LogP contribution in [0.5, 0.6) is 0 Å². The molecule has 0 radical (unpaired) electrons. The topological polar surface area (TPSA) is 83.7 Å². The van der Waals surface area contributed by atoms with Crippen molar-refractivity contribution in [2.75, 3.05) is 5.32 Å². The molecule has 1 amide bonds. The van der Waals surface area contributed by atoms with Gasteiger partial charge in [-0.3, -0.25) is 4.79 Å². The molecule has 6 nitrogen and oxygen atoms in total. The molecule has 0 fully saturated rings. The van der Waals surface area contributed by atoms with E-state index >= 15 is 0 Å². The summed E-state index contributed by atoms with van der Waals surface area (Å²) in [6.45, 7) is 0. The minimum atomic E-state index is -1.17. The van der Waals surface area contributed by atoms with Crippen molar-refractivity contribution in [1.29, 1.82) is 0 Å². The minimum absolute atomic E-state index is 0.372. The van der Waals surface area contributed by atoms with Crippen LogP contribution in [0, 0.1) is 0 Å². The van der Waals surface area contributed by atoms with Crippen molar-refractivity contribution in [2.45, 2.75) is 0 Å². The number of aromatic nitrogens is 2. The Labute approximate surface area is 96.2 Å². The molecule has 0 unspecified atom stereocenters. The second-order valence-electron chi connectivity index (χ2n) is 3.25. The van der Waals surface area contributed by atoms with E-state index in [4.69, 9.17) is 5.11 Å². The lowest BCUT2D eigenvalue weighted by Crippen LogP contribution is -2.08. The summed E-state index contributed by atoms with van der Waals surface area (Å²) >= 11 is 0. The van der Waals surface area contributed by atoms with Crippen LogP contribution >= 0.6 is 0 Å². The number of nitrogens with zero attached hydrogens (tertiary/aromatic N) is 2. The molecule has 0 saturated carbocycles. The van der Waals surface area contributed by atoms with E-state index < -0.39 is 11.9 Å². The van der Waals surface area contributed by atoms with Crippen LogP contribution in [0.25, 0.3) is 5.65 Å². The minimum Gasteiger partial charge on any atom is -0.478 e. The predicted octanol–water partition coefficient (Wildman–Crippen LogP) is 0.914. The number of carbonyl (C=O) groups is 2. The van der Waals surface area contributed by atoms with E-state index in [1.54, 1.807) is 22.9 Å². The molecule has 0 aliphatic carbocycles. The summed E-state index contributed by atoms with van der Waals surface area (Å²) in [6.07, 6.45) is 5.14. The van der Waals surface area contributed by atoms with Gasteiger partial charge in [0.25, 0.3) is 0 Å². The van der Waals surface area contributed by atoms with Crippen LogP contribution in [0.4, 0.5) is 5.82 Å². The highest BCUT2D eigenvalue weighted by Crippen LogP contribution is 2.08. The first-order chi connectivity index (χ1) is 8.15. The molecule has 2 aromatic rings. The van der Waals surface area contributed by atoms with E-state index in [9.17, 15) is 9.59 Å². The zero-order chi connectivity index (χ0) is 12.3. The maximum atomic E-state index is 11.3. The number of amides is 1. The molecule has 2 N–H and O–H groups in total. The average molecular weight is 231 g/mol. The molecule has 0 aliphatic heterocycles. The molecular weight excluding hydrogens is 222 g/mol. The number of carboxylic acids is 1. The first-order valence-electron chi connectivity index (χ1n) is 4.81. The Hall–Kier alpha value is -2.63. The van der Waals surface area contributed by atoms with Gasteiger partial charge in [-0.1, -0.05) is 6.07 Å². The smallest absolute Gasteiger partial charge is 0.328 e. The van der Waals surface area contributed by atoms with Crippen LogP contribution < -0.4 is 5.32 Å². The fourth-order valence-corrected chi connectivity index (χ4v) is 1.31. The zero-order valence-electron chi connectivity index (χ0n) is 8.70. The Bertz CT molecular complexity index is 568. The fraction of sp³-hybridized carbons (Fsp3) is 0. The maximum Gasteiger partial charge on any atom is 0.328 e. The number of nitrogens with one attached hydrogen (secondary N) is 1. The lowest BCUT2D eigenvalue weighted by atomic mass is 10.4. The van der Waals surface area contributed by atoms with Gasteiger partial charge in [-0.15, -0.1) is 0 Å². The number of pyridine rings is 1. The van der Waals surface area contributed by atoms with Gasteiger partial charge in [-0.2, -0.15) is 0 Å². The normalized spacial score (nSPS) is 10.8. The SMILES string of the molecule is O=C(O)/C=C/C(=O)Nc1cn2ccccc2n1. The van der Waals surface area contributed by atoms with Crippen molar-refractivity contribution in [2.24, 2.45) is 0 Å². The number of aliphatic carboxylic acids is 1. The van der Waals surface area contributed by atoms with Crippen LogP contribution in [0.3, 0.4) is 0 Å². The predicted molar refractivity (Wildman–Crippen MR) is 60.6 cm³/mol. The maximum absolute atomic E-state index is 11.3. The van der Waals surface area contributed by atoms with Crippen molar-refractivity contribution in [3.8, 4) is 0 Å². The van der Waals surface area contributed by atoms with Gasteiger partial charge in [0.1, 0.15) is 5.65 Å². The van der Waals surface area contributed by atoms with Crippen molar-refractivity contribution < 1.29 is 14.7 Å². The number of hydrogen-bond donors (Lipinski definition) is 2. The Morgan fingerprint density at radius 3 is 2.88 bits per heavy atom. The molecule has 0 aliphatic rings. The molecule has 0 spiro atoms. The zero-order valence-corrected chi connectivity index (χ0v) is 8.70. The summed E-state index contributed by atoms with van der Waals surface area (Å²) in [6, 6.07) is 5.46. The Morgan fingerprint density at radius 2 is 2.18 bits per heavy atom. The van der Waals surface area contributed by atoms with Crippen LogP contribution in [0.2, 0.25) is 0 Å². The number of carboxylic acid groups (broad SMARTS) is 1. The van der Waals surface area contributed by atoms with Gasteiger partial charge < -0.3 is 14.8 Å². The van der Waals surface area contributed by atoms with Gasteiger partial charge >= 0.3 is 5.97 Å². The molecule has 0 aromatic carbocycles. The standard InChI is InChI=1S/C11H9N3O3/c15-10(4-5-11(16)17)13-8-7-14-6-2-1-3-9(14)12-8/h1-7H,(H,13,15)(H,16,17)/b5-4+. The molecular formula is C11H9N3O3. The molecule has 86 valence electrons. The molecule has 17 heavy (non-hydrogen) atoms. The summed E-state index contributed by atoms with van der Waals surface area (Å²) < 4.78 is 1.75. The third-order valence-electron chi connectivity index (χ3n) is 1.99. The third kappa shape index (κ3) is 2.69. The molecule has 6 heteroatoms. The highest BCUT2D eigenvalue weighted by atomic mass is 16.4.